The maximum atomic E-state index is 10.8. The number of nitrogens with zero attached hydrogens (tertiary/aromatic N) is 3. The van der Waals surface area contributed by atoms with Crippen LogP contribution in [0.5, 0.6) is 0 Å². The second kappa shape index (κ2) is 3.37. The lowest BCUT2D eigenvalue weighted by Gasteiger charge is -1.94. The summed E-state index contributed by atoms with van der Waals surface area (Å²) in [6.07, 6.45) is 1.47. The molecule has 7 nitrogen and oxygen atoms in total. The number of rotatable bonds is 2. The summed E-state index contributed by atoms with van der Waals surface area (Å²) in [4.78, 5) is 10.8. The minimum atomic E-state index is -1.21. The van der Waals surface area contributed by atoms with Crippen molar-refractivity contribution in [3.8, 4) is 11.4 Å². The van der Waals surface area contributed by atoms with Gasteiger partial charge in [-0.15, -0.1) is 5.10 Å². The van der Waals surface area contributed by atoms with E-state index >= 15 is 0 Å². The number of nitrogens with two attached hydrogens (primary N) is 1. The Kier molecular flexibility index (Phi) is 2.05. The number of hydrogen-bond acceptors (Lipinski definition) is 6. The summed E-state index contributed by atoms with van der Waals surface area (Å²) in [6.45, 7) is 0. The Bertz CT molecular complexity index is 494. The van der Waals surface area contributed by atoms with Gasteiger partial charge in [0.25, 0.3) is 0 Å². The van der Waals surface area contributed by atoms with Gasteiger partial charge in [0.1, 0.15) is 5.69 Å². The molecule has 0 unspecified atom stereocenters. The lowest BCUT2D eigenvalue weighted by atomic mass is 10.2. The molecule has 3 N–H and O–H groups in total. The largest absolute Gasteiger partial charge is 0.477 e. The van der Waals surface area contributed by atoms with Crippen molar-refractivity contribution in [1.29, 1.82) is 0 Å². The molecular formula is C8H6N4O3. The normalized spacial score (nSPS) is 10.1. The highest BCUT2D eigenvalue weighted by Crippen LogP contribution is 2.24. The lowest BCUT2D eigenvalue weighted by molar-refractivity contribution is 0.0698. The van der Waals surface area contributed by atoms with Crippen molar-refractivity contribution < 1.29 is 14.4 Å². The lowest BCUT2D eigenvalue weighted by Crippen LogP contribution is -2.01. The molecule has 0 aliphatic rings. The van der Waals surface area contributed by atoms with Gasteiger partial charge in [0.05, 0.1) is 0 Å². The van der Waals surface area contributed by atoms with Crippen molar-refractivity contribution in [2.24, 2.45) is 0 Å². The number of aromatic carboxylic acids is 1. The Hall–Kier alpha value is -2.44. The smallest absolute Gasteiger partial charge is 0.343 e. The Morgan fingerprint density at radius 2 is 2.33 bits per heavy atom. The van der Waals surface area contributed by atoms with Crippen molar-refractivity contribution in [2.75, 3.05) is 5.73 Å². The van der Waals surface area contributed by atoms with Gasteiger partial charge in [-0.1, -0.05) is 5.16 Å². The minimum absolute atomic E-state index is 0.0769. The molecule has 0 aliphatic carbocycles. The molecule has 76 valence electrons. The van der Waals surface area contributed by atoms with E-state index in [1.54, 1.807) is 12.1 Å². The van der Waals surface area contributed by atoms with Crippen LogP contribution in [0.25, 0.3) is 11.4 Å². The monoisotopic (exact) mass is 206 g/mol. The van der Waals surface area contributed by atoms with Gasteiger partial charge in [0.2, 0.25) is 5.88 Å². The molecule has 0 radical (unpaired) electrons. The van der Waals surface area contributed by atoms with E-state index < -0.39 is 5.97 Å². The Morgan fingerprint density at radius 1 is 1.53 bits per heavy atom. The molecule has 0 bridgehead atoms. The van der Waals surface area contributed by atoms with Crippen molar-refractivity contribution in [1.82, 2.24) is 15.4 Å². The highest BCUT2D eigenvalue weighted by molar-refractivity contribution is 5.98. The first kappa shape index (κ1) is 9.13. The molecular weight excluding hydrogens is 200 g/mol. The van der Waals surface area contributed by atoms with Crippen LogP contribution in [0.15, 0.2) is 22.9 Å². The predicted molar refractivity (Wildman–Crippen MR) is 48.9 cm³/mol. The fourth-order valence-corrected chi connectivity index (χ4v) is 1.11. The summed E-state index contributed by atoms with van der Waals surface area (Å²) in [5.41, 5.74) is 5.50. The van der Waals surface area contributed by atoms with Gasteiger partial charge in [0, 0.05) is 6.20 Å². The first-order chi connectivity index (χ1) is 7.20. The number of hydrogen-bond donors (Lipinski definition) is 2. The summed E-state index contributed by atoms with van der Waals surface area (Å²) in [5.74, 6) is -1.46. The minimum Gasteiger partial charge on any atom is -0.477 e. The van der Waals surface area contributed by atoms with Crippen LogP contribution >= 0.6 is 0 Å². The summed E-state index contributed by atoms with van der Waals surface area (Å²) < 4.78 is 4.59. The van der Waals surface area contributed by atoms with E-state index in [-0.39, 0.29) is 17.1 Å². The van der Waals surface area contributed by atoms with Gasteiger partial charge in [-0.25, -0.2) is 4.79 Å². The third-order valence-corrected chi connectivity index (χ3v) is 1.75. The molecule has 0 amide bonds. The van der Waals surface area contributed by atoms with Crippen LogP contribution in [0.3, 0.4) is 0 Å². The van der Waals surface area contributed by atoms with Crippen LogP contribution in [-0.2, 0) is 0 Å². The standard InChI is InChI=1S/C8H6N4O3/c9-7-5(8(13)14)6(12-15-7)4-2-1-3-10-11-4/h1-3H,9H2,(H,13,14). The topological polar surface area (TPSA) is 115 Å². The Labute approximate surface area is 83.5 Å². The first-order valence-electron chi connectivity index (χ1n) is 3.96. The molecule has 0 saturated carbocycles. The summed E-state index contributed by atoms with van der Waals surface area (Å²) in [7, 11) is 0. The molecule has 2 heterocycles. The molecule has 0 saturated heterocycles. The second-order valence-electron chi connectivity index (χ2n) is 2.68. The van der Waals surface area contributed by atoms with E-state index in [0.29, 0.717) is 5.69 Å². The quantitative estimate of drug-likeness (QED) is 0.730. The number of anilines is 1. The summed E-state index contributed by atoms with van der Waals surface area (Å²) in [5, 5.41) is 19.7. The van der Waals surface area contributed by atoms with Crippen LogP contribution in [0, 0.1) is 0 Å². The zero-order chi connectivity index (χ0) is 10.8. The number of carboxylic acid groups (broad SMARTS) is 1. The van der Waals surface area contributed by atoms with Crippen molar-refractivity contribution in [3.05, 3.63) is 23.9 Å². The Morgan fingerprint density at radius 3 is 2.93 bits per heavy atom. The number of nitrogen functional groups attached to an aromatic ring is 1. The van der Waals surface area contributed by atoms with Crippen molar-refractivity contribution >= 4 is 11.9 Å². The number of aromatic nitrogens is 3. The van der Waals surface area contributed by atoms with Gasteiger partial charge in [-0.2, -0.15) is 5.10 Å². The van der Waals surface area contributed by atoms with Crippen LogP contribution in [0.1, 0.15) is 10.4 Å². The molecule has 0 atom stereocenters. The van der Waals surface area contributed by atoms with Crippen LogP contribution < -0.4 is 5.73 Å². The molecule has 7 heteroatoms. The molecule has 2 rings (SSSR count). The highest BCUT2D eigenvalue weighted by atomic mass is 16.5. The van der Waals surface area contributed by atoms with Gasteiger partial charge >= 0.3 is 5.97 Å². The van der Waals surface area contributed by atoms with E-state index in [4.69, 9.17) is 10.8 Å². The molecule has 0 aromatic carbocycles. The molecule has 15 heavy (non-hydrogen) atoms. The zero-order valence-corrected chi connectivity index (χ0v) is 7.41. The maximum absolute atomic E-state index is 10.8. The molecule has 2 aromatic rings. The van der Waals surface area contributed by atoms with Gasteiger partial charge in [-0.05, 0) is 12.1 Å². The van der Waals surface area contributed by atoms with Crippen LogP contribution in [-0.4, -0.2) is 26.4 Å². The summed E-state index contributed by atoms with van der Waals surface area (Å²) in [6, 6.07) is 3.18. The number of carbonyl (C=O) groups is 1. The highest BCUT2D eigenvalue weighted by Gasteiger charge is 2.22. The van der Waals surface area contributed by atoms with Gasteiger partial charge < -0.3 is 15.4 Å². The predicted octanol–water partition coefficient (Wildman–Crippen LogP) is 0.412. The van der Waals surface area contributed by atoms with E-state index in [1.807, 2.05) is 0 Å². The molecule has 0 spiro atoms. The van der Waals surface area contributed by atoms with Gasteiger partial charge in [-0.3, -0.25) is 0 Å². The van der Waals surface area contributed by atoms with E-state index in [2.05, 4.69) is 19.9 Å². The third kappa shape index (κ3) is 1.50. The zero-order valence-electron chi connectivity index (χ0n) is 7.41. The van der Waals surface area contributed by atoms with Crippen molar-refractivity contribution in [3.63, 3.8) is 0 Å². The van der Waals surface area contributed by atoms with Crippen LogP contribution in [0.4, 0.5) is 5.88 Å². The van der Waals surface area contributed by atoms with E-state index in [1.165, 1.54) is 6.20 Å². The molecule has 0 aliphatic heterocycles. The molecule has 2 aromatic heterocycles. The first-order valence-corrected chi connectivity index (χ1v) is 3.96. The SMILES string of the molecule is Nc1onc(-c2cccnn2)c1C(=O)O. The van der Waals surface area contributed by atoms with E-state index in [0.717, 1.165) is 0 Å². The Balaban J connectivity index is 2.59. The average molecular weight is 206 g/mol. The van der Waals surface area contributed by atoms with Gasteiger partial charge in [0.15, 0.2) is 11.3 Å². The van der Waals surface area contributed by atoms with E-state index in [9.17, 15) is 4.79 Å². The van der Waals surface area contributed by atoms with Crippen LogP contribution in [0.2, 0.25) is 0 Å². The van der Waals surface area contributed by atoms with Crippen molar-refractivity contribution in [2.45, 2.75) is 0 Å². The summed E-state index contributed by atoms with van der Waals surface area (Å²) >= 11 is 0. The maximum Gasteiger partial charge on any atom is 0.343 e. The fraction of sp³-hybridized carbons (Fsp3) is 0. The number of carboxylic acids is 1. The second-order valence-corrected chi connectivity index (χ2v) is 2.68. The fourth-order valence-electron chi connectivity index (χ4n) is 1.11. The third-order valence-electron chi connectivity index (χ3n) is 1.75. The molecule has 0 fully saturated rings. The average Bonchev–Trinajstić information content (AvgIpc) is 2.61.